The second-order valence-corrected chi connectivity index (χ2v) is 4.86. The Kier molecular flexibility index (Phi) is 3.94. The van der Waals surface area contributed by atoms with E-state index < -0.39 is 0 Å². The van der Waals surface area contributed by atoms with Gasteiger partial charge in [0, 0.05) is 18.9 Å². The smallest absolute Gasteiger partial charge is 0.153 e. The lowest BCUT2D eigenvalue weighted by Crippen LogP contribution is -2.13. The minimum Gasteiger partial charge on any atom is -0.328 e. The molecular formula is C14H11Cl2N3. The van der Waals surface area contributed by atoms with Crippen LogP contribution >= 0.6 is 23.2 Å². The lowest BCUT2D eigenvalue weighted by molar-refractivity contribution is 1.11. The van der Waals surface area contributed by atoms with Gasteiger partial charge in [-0.2, -0.15) is 5.26 Å². The van der Waals surface area contributed by atoms with Crippen LogP contribution in [0.5, 0.6) is 0 Å². The van der Waals surface area contributed by atoms with Crippen molar-refractivity contribution in [1.82, 2.24) is 4.98 Å². The maximum atomic E-state index is 9.07. The van der Waals surface area contributed by atoms with Crippen LogP contribution in [0.4, 0.5) is 11.5 Å². The Hall–Kier alpha value is -1.76. The third-order valence-corrected chi connectivity index (χ3v) is 3.51. The molecule has 0 spiro atoms. The summed E-state index contributed by atoms with van der Waals surface area (Å²) in [6.07, 6.45) is 1.44. The molecular weight excluding hydrogens is 281 g/mol. The minimum atomic E-state index is 0.244. The van der Waals surface area contributed by atoms with Crippen molar-refractivity contribution in [2.45, 2.75) is 6.92 Å². The predicted molar refractivity (Wildman–Crippen MR) is 78.2 cm³/mol. The molecule has 2 aromatic rings. The van der Waals surface area contributed by atoms with E-state index in [9.17, 15) is 0 Å². The fraction of sp³-hybridized carbons (Fsp3) is 0.143. The van der Waals surface area contributed by atoms with E-state index in [1.54, 1.807) is 0 Å². The average molecular weight is 292 g/mol. The van der Waals surface area contributed by atoms with E-state index in [1.165, 1.54) is 6.20 Å². The van der Waals surface area contributed by atoms with Gasteiger partial charge in [0.1, 0.15) is 11.1 Å². The molecule has 0 unspecified atom stereocenters. The molecule has 0 saturated heterocycles. The number of nitriles is 1. The number of hydrogen-bond donors (Lipinski definition) is 0. The van der Waals surface area contributed by atoms with Gasteiger partial charge in [0.25, 0.3) is 0 Å². The highest BCUT2D eigenvalue weighted by Crippen LogP contribution is 2.34. The van der Waals surface area contributed by atoms with Gasteiger partial charge in [-0.1, -0.05) is 41.4 Å². The van der Waals surface area contributed by atoms with Crippen LogP contribution in [0.3, 0.4) is 0 Å². The summed E-state index contributed by atoms with van der Waals surface area (Å²) in [4.78, 5) is 6.06. The first-order valence-corrected chi connectivity index (χ1v) is 6.35. The van der Waals surface area contributed by atoms with Gasteiger partial charge in [-0.3, -0.25) is 0 Å². The zero-order chi connectivity index (χ0) is 14.0. The Labute approximate surface area is 122 Å². The minimum absolute atomic E-state index is 0.244. The van der Waals surface area contributed by atoms with Crippen LogP contribution in [0, 0.1) is 18.3 Å². The van der Waals surface area contributed by atoms with Crippen molar-refractivity contribution < 1.29 is 0 Å². The summed E-state index contributed by atoms with van der Waals surface area (Å²) in [6.45, 7) is 2.00. The Morgan fingerprint density at radius 3 is 2.58 bits per heavy atom. The lowest BCUT2D eigenvalue weighted by atomic mass is 10.2. The van der Waals surface area contributed by atoms with Gasteiger partial charge in [-0.05, 0) is 18.6 Å². The molecule has 1 aromatic carbocycles. The first-order chi connectivity index (χ1) is 9.06. The molecule has 1 aromatic heterocycles. The Balaban J connectivity index is 2.55. The van der Waals surface area contributed by atoms with Gasteiger partial charge in [0.15, 0.2) is 5.82 Å². The van der Waals surface area contributed by atoms with E-state index in [2.05, 4.69) is 4.98 Å². The molecule has 96 valence electrons. The standard InChI is InChI=1S/C14H11Cl2N3/c1-9-5-3-4-6-12(9)19(2)14-13(16)10(7-17)11(15)8-18-14/h3-6,8H,1-2H3. The summed E-state index contributed by atoms with van der Waals surface area (Å²) < 4.78 is 0. The van der Waals surface area contributed by atoms with Gasteiger partial charge >= 0.3 is 0 Å². The molecule has 0 aliphatic rings. The van der Waals surface area contributed by atoms with E-state index in [0.717, 1.165) is 11.3 Å². The second kappa shape index (κ2) is 5.48. The van der Waals surface area contributed by atoms with Gasteiger partial charge in [-0.25, -0.2) is 4.98 Å². The predicted octanol–water partition coefficient (Wildman–Crippen LogP) is 4.34. The lowest BCUT2D eigenvalue weighted by Gasteiger charge is -2.21. The summed E-state index contributed by atoms with van der Waals surface area (Å²) in [5.41, 5.74) is 2.31. The molecule has 0 aliphatic heterocycles. The number of rotatable bonds is 2. The van der Waals surface area contributed by atoms with Crippen LogP contribution in [0.1, 0.15) is 11.1 Å². The van der Waals surface area contributed by atoms with Crippen LogP contribution in [0.25, 0.3) is 0 Å². The molecule has 0 N–H and O–H groups in total. The summed E-state index contributed by atoms with van der Waals surface area (Å²) in [5, 5.41) is 9.59. The quantitative estimate of drug-likeness (QED) is 0.826. The van der Waals surface area contributed by atoms with Gasteiger partial charge in [0.05, 0.1) is 10.6 Å². The number of nitrogens with zero attached hydrogens (tertiary/aromatic N) is 3. The summed E-state index contributed by atoms with van der Waals surface area (Å²) in [7, 11) is 1.85. The highest BCUT2D eigenvalue weighted by molar-refractivity contribution is 6.38. The maximum Gasteiger partial charge on any atom is 0.153 e. The number of benzene rings is 1. The SMILES string of the molecule is Cc1ccccc1N(C)c1ncc(Cl)c(C#N)c1Cl. The fourth-order valence-electron chi connectivity index (χ4n) is 1.85. The highest BCUT2D eigenvalue weighted by atomic mass is 35.5. The monoisotopic (exact) mass is 291 g/mol. The summed E-state index contributed by atoms with van der Waals surface area (Å²) >= 11 is 12.1. The van der Waals surface area contributed by atoms with E-state index in [-0.39, 0.29) is 15.6 Å². The van der Waals surface area contributed by atoms with E-state index in [0.29, 0.717) is 5.82 Å². The second-order valence-electron chi connectivity index (χ2n) is 4.08. The molecule has 0 fully saturated rings. The first kappa shape index (κ1) is 13.7. The third kappa shape index (κ3) is 2.51. The zero-order valence-corrected chi connectivity index (χ0v) is 12.0. The summed E-state index contributed by atoms with van der Waals surface area (Å²) in [6, 6.07) is 9.86. The van der Waals surface area contributed by atoms with Crippen molar-refractivity contribution >= 4 is 34.7 Å². The molecule has 0 saturated carbocycles. The number of anilines is 2. The van der Waals surface area contributed by atoms with Gasteiger partial charge in [0.2, 0.25) is 0 Å². The third-order valence-electron chi connectivity index (χ3n) is 2.86. The van der Waals surface area contributed by atoms with E-state index in [1.807, 2.05) is 49.2 Å². The van der Waals surface area contributed by atoms with Crippen LogP contribution in [-0.2, 0) is 0 Å². The zero-order valence-electron chi connectivity index (χ0n) is 10.5. The molecule has 0 amide bonds. The van der Waals surface area contributed by atoms with E-state index in [4.69, 9.17) is 28.5 Å². The largest absolute Gasteiger partial charge is 0.328 e. The average Bonchev–Trinajstić information content (AvgIpc) is 2.39. The molecule has 2 rings (SSSR count). The molecule has 5 heteroatoms. The Bertz CT molecular complexity index is 662. The van der Waals surface area contributed by atoms with Crippen molar-refractivity contribution in [2.24, 2.45) is 0 Å². The molecule has 1 heterocycles. The number of aryl methyl sites for hydroxylation is 1. The number of hydrogen-bond acceptors (Lipinski definition) is 3. The van der Waals surface area contributed by atoms with Crippen LogP contribution < -0.4 is 4.90 Å². The van der Waals surface area contributed by atoms with Crippen LogP contribution in [-0.4, -0.2) is 12.0 Å². The van der Waals surface area contributed by atoms with Crippen molar-refractivity contribution in [1.29, 1.82) is 5.26 Å². The topological polar surface area (TPSA) is 39.9 Å². The van der Waals surface area contributed by atoms with Crippen molar-refractivity contribution in [3.8, 4) is 6.07 Å². The molecule has 0 atom stereocenters. The molecule has 0 bridgehead atoms. The summed E-state index contributed by atoms with van der Waals surface area (Å²) in [5.74, 6) is 0.511. The highest BCUT2D eigenvalue weighted by Gasteiger charge is 2.16. The number of halogens is 2. The Morgan fingerprint density at radius 1 is 1.26 bits per heavy atom. The molecule has 0 aliphatic carbocycles. The normalized spacial score (nSPS) is 10.1. The molecule has 0 radical (unpaired) electrons. The molecule has 3 nitrogen and oxygen atoms in total. The Morgan fingerprint density at radius 2 is 1.95 bits per heavy atom. The fourth-order valence-corrected chi connectivity index (χ4v) is 2.40. The van der Waals surface area contributed by atoms with Crippen molar-refractivity contribution in [2.75, 3.05) is 11.9 Å². The van der Waals surface area contributed by atoms with Gasteiger partial charge in [-0.15, -0.1) is 0 Å². The van der Waals surface area contributed by atoms with Crippen LogP contribution in [0.2, 0.25) is 10.0 Å². The van der Waals surface area contributed by atoms with Crippen molar-refractivity contribution in [3.63, 3.8) is 0 Å². The van der Waals surface area contributed by atoms with Crippen LogP contribution in [0.15, 0.2) is 30.5 Å². The van der Waals surface area contributed by atoms with Gasteiger partial charge < -0.3 is 4.90 Å². The maximum absolute atomic E-state index is 9.07. The van der Waals surface area contributed by atoms with E-state index >= 15 is 0 Å². The first-order valence-electron chi connectivity index (χ1n) is 5.59. The number of para-hydroxylation sites is 1. The van der Waals surface area contributed by atoms with Crippen molar-refractivity contribution in [3.05, 3.63) is 51.6 Å². The molecule has 19 heavy (non-hydrogen) atoms. The number of pyridine rings is 1. The number of aromatic nitrogens is 1.